The standard InChI is InChI=1S/C16H22N4O2/c1-11-15(13-6-8-14(9-7-13)17-10-21)12(2)19(18-11)20(22)16(3,4)5/h6-10,22H,1-5H3,(H,17,21). The van der Waals surface area contributed by atoms with Crippen LogP contribution < -0.4 is 10.5 Å². The Kier molecular flexibility index (Phi) is 4.23. The number of hydroxylamine groups is 1. The van der Waals surface area contributed by atoms with E-state index >= 15 is 0 Å². The van der Waals surface area contributed by atoms with Crippen LogP contribution in [0.3, 0.4) is 0 Å². The zero-order valence-electron chi connectivity index (χ0n) is 13.6. The van der Waals surface area contributed by atoms with Gasteiger partial charge in [-0.05, 0) is 52.3 Å². The van der Waals surface area contributed by atoms with Gasteiger partial charge in [-0.25, -0.2) is 0 Å². The quantitative estimate of drug-likeness (QED) is 0.673. The van der Waals surface area contributed by atoms with E-state index in [1.54, 1.807) is 0 Å². The Bertz CT molecular complexity index is 669. The molecule has 0 spiro atoms. The second-order valence-corrected chi connectivity index (χ2v) is 6.24. The molecule has 0 atom stereocenters. The van der Waals surface area contributed by atoms with Crippen molar-refractivity contribution >= 4 is 12.1 Å². The van der Waals surface area contributed by atoms with Crippen LogP contribution in [0.4, 0.5) is 5.69 Å². The molecule has 22 heavy (non-hydrogen) atoms. The van der Waals surface area contributed by atoms with Crippen LogP contribution in [-0.4, -0.2) is 27.0 Å². The van der Waals surface area contributed by atoms with Gasteiger partial charge in [0.15, 0.2) is 0 Å². The first kappa shape index (κ1) is 16.0. The van der Waals surface area contributed by atoms with Crippen molar-refractivity contribution in [3.05, 3.63) is 35.7 Å². The predicted molar refractivity (Wildman–Crippen MR) is 86.6 cm³/mol. The highest BCUT2D eigenvalue weighted by molar-refractivity contribution is 5.75. The fourth-order valence-corrected chi connectivity index (χ4v) is 2.32. The number of hydrogen-bond acceptors (Lipinski definition) is 4. The lowest BCUT2D eigenvalue weighted by Gasteiger charge is -2.31. The molecule has 2 aromatic rings. The molecule has 2 rings (SSSR count). The van der Waals surface area contributed by atoms with Crippen molar-refractivity contribution in [2.24, 2.45) is 0 Å². The van der Waals surface area contributed by atoms with E-state index in [9.17, 15) is 10.0 Å². The third-order valence-electron chi connectivity index (χ3n) is 3.45. The van der Waals surface area contributed by atoms with Crippen molar-refractivity contribution in [3.8, 4) is 11.1 Å². The number of nitrogens with one attached hydrogen (secondary N) is 1. The zero-order chi connectivity index (χ0) is 16.5. The molecule has 1 aromatic carbocycles. The fourth-order valence-electron chi connectivity index (χ4n) is 2.32. The average Bonchev–Trinajstić information content (AvgIpc) is 2.73. The Morgan fingerprint density at radius 3 is 2.32 bits per heavy atom. The van der Waals surface area contributed by atoms with Gasteiger partial charge in [-0.15, -0.1) is 0 Å². The molecule has 6 heteroatoms. The first-order valence-electron chi connectivity index (χ1n) is 7.12. The van der Waals surface area contributed by atoms with Crippen LogP contribution in [0.15, 0.2) is 24.3 Å². The van der Waals surface area contributed by atoms with Gasteiger partial charge in [-0.3, -0.25) is 10.0 Å². The first-order chi connectivity index (χ1) is 10.3. The average molecular weight is 302 g/mol. The van der Waals surface area contributed by atoms with Gasteiger partial charge in [-0.1, -0.05) is 12.1 Å². The normalized spacial score (nSPS) is 11.4. The summed E-state index contributed by atoms with van der Waals surface area (Å²) in [5, 5.41) is 18.5. The van der Waals surface area contributed by atoms with E-state index in [2.05, 4.69) is 10.4 Å². The highest BCUT2D eigenvalue weighted by atomic mass is 16.6. The Balaban J connectivity index is 2.44. The van der Waals surface area contributed by atoms with Gasteiger partial charge in [-0.2, -0.15) is 15.1 Å². The summed E-state index contributed by atoms with van der Waals surface area (Å²) in [5.41, 5.74) is 3.92. The molecule has 0 aliphatic heterocycles. The molecule has 118 valence electrons. The summed E-state index contributed by atoms with van der Waals surface area (Å²) in [5.74, 6) is 0. The van der Waals surface area contributed by atoms with Gasteiger partial charge >= 0.3 is 0 Å². The van der Waals surface area contributed by atoms with Crippen molar-refractivity contribution in [2.75, 3.05) is 10.5 Å². The number of hydrogen-bond donors (Lipinski definition) is 2. The van der Waals surface area contributed by atoms with Gasteiger partial charge < -0.3 is 5.32 Å². The van der Waals surface area contributed by atoms with E-state index in [-0.39, 0.29) is 0 Å². The number of aryl methyl sites for hydroxylation is 1. The molecule has 2 N–H and O–H groups in total. The maximum Gasteiger partial charge on any atom is 0.211 e. The number of rotatable bonds is 4. The minimum absolute atomic E-state index is 0.460. The first-order valence-corrected chi connectivity index (χ1v) is 7.12. The molecule has 0 radical (unpaired) electrons. The molecule has 0 saturated carbocycles. The molecular formula is C16H22N4O2. The molecule has 1 aromatic heterocycles. The molecule has 0 aliphatic rings. The molecule has 0 fully saturated rings. The zero-order valence-corrected chi connectivity index (χ0v) is 13.6. The van der Waals surface area contributed by atoms with Gasteiger partial charge in [0.2, 0.25) is 6.41 Å². The third kappa shape index (κ3) is 2.96. The van der Waals surface area contributed by atoms with Crippen LogP contribution in [0.5, 0.6) is 0 Å². The lowest BCUT2D eigenvalue weighted by Crippen LogP contribution is -2.47. The van der Waals surface area contributed by atoms with Crippen molar-refractivity contribution < 1.29 is 10.0 Å². The highest BCUT2D eigenvalue weighted by Gasteiger charge is 2.24. The fraction of sp³-hybridized carbons (Fsp3) is 0.375. The van der Waals surface area contributed by atoms with E-state index in [0.717, 1.165) is 33.4 Å². The molecule has 1 amide bonds. The monoisotopic (exact) mass is 302 g/mol. The van der Waals surface area contributed by atoms with E-state index in [1.807, 2.05) is 58.9 Å². The summed E-state index contributed by atoms with van der Waals surface area (Å²) in [7, 11) is 0. The second kappa shape index (κ2) is 5.81. The summed E-state index contributed by atoms with van der Waals surface area (Å²) < 4.78 is 0. The van der Waals surface area contributed by atoms with Crippen LogP contribution in [-0.2, 0) is 4.79 Å². The molecule has 0 saturated heterocycles. The predicted octanol–water partition coefficient (Wildman–Crippen LogP) is 2.86. The molecule has 0 unspecified atom stereocenters. The Labute approximate surface area is 130 Å². The maximum atomic E-state index is 10.5. The Morgan fingerprint density at radius 1 is 1.23 bits per heavy atom. The minimum atomic E-state index is -0.460. The van der Waals surface area contributed by atoms with E-state index < -0.39 is 5.54 Å². The molecule has 6 nitrogen and oxygen atoms in total. The maximum absolute atomic E-state index is 10.5. The SMILES string of the molecule is Cc1nn(N(O)C(C)(C)C)c(C)c1-c1ccc(NC=O)cc1. The molecule has 0 bridgehead atoms. The lowest BCUT2D eigenvalue weighted by atomic mass is 10.0. The van der Waals surface area contributed by atoms with Crippen LogP contribution >= 0.6 is 0 Å². The van der Waals surface area contributed by atoms with Crippen molar-refractivity contribution in [1.82, 2.24) is 9.89 Å². The minimum Gasteiger partial charge on any atom is -0.329 e. The summed E-state index contributed by atoms with van der Waals surface area (Å²) in [6, 6.07) is 7.51. The third-order valence-corrected chi connectivity index (χ3v) is 3.45. The van der Waals surface area contributed by atoms with Gasteiger partial charge in [0, 0.05) is 11.3 Å². The Morgan fingerprint density at radius 2 is 1.82 bits per heavy atom. The number of benzene rings is 1. The van der Waals surface area contributed by atoms with Crippen LogP contribution in [0, 0.1) is 13.8 Å². The summed E-state index contributed by atoms with van der Waals surface area (Å²) in [6.07, 6.45) is 0.649. The number of carbonyl (C=O) groups is 1. The molecule has 1 heterocycles. The van der Waals surface area contributed by atoms with E-state index in [0.29, 0.717) is 6.41 Å². The largest absolute Gasteiger partial charge is 0.329 e. The summed E-state index contributed by atoms with van der Waals surface area (Å²) >= 11 is 0. The van der Waals surface area contributed by atoms with Gasteiger partial charge in [0.25, 0.3) is 0 Å². The highest BCUT2D eigenvalue weighted by Crippen LogP contribution is 2.28. The van der Waals surface area contributed by atoms with Crippen molar-refractivity contribution in [1.29, 1.82) is 0 Å². The van der Waals surface area contributed by atoms with E-state index in [1.165, 1.54) is 4.79 Å². The molecular weight excluding hydrogens is 280 g/mol. The number of amides is 1. The van der Waals surface area contributed by atoms with Crippen LogP contribution in [0.2, 0.25) is 0 Å². The van der Waals surface area contributed by atoms with Gasteiger partial charge in [0.1, 0.15) is 0 Å². The van der Waals surface area contributed by atoms with Crippen LogP contribution in [0.1, 0.15) is 32.2 Å². The summed E-state index contributed by atoms with van der Waals surface area (Å²) in [6.45, 7) is 9.55. The number of aromatic nitrogens is 2. The lowest BCUT2D eigenvalue weighted by molar-refractivity contribution is -0.105. The Hall–Kier alpha value is -2.34. The van der Waals surface area contributed by atoms with Crippen molar-refractivity contribution in [3.63, 3.8) is 0 Å². The number of nitrogens with zero attached hydrogens (tertiary/aromatic N) is 3. The molecule has 0 aliphatic carbocycles. The summed E-state index contributed by atoms with van der Waals surface area (Å²) in [4.78, 5) is 12.0. The second-order valence-electron chi connectivity index (χ2n) is 6.24. The smallest absolute Gasteiger partial charge is 0.211 e. The number of anilines is 1. The van der Waals surface area contributed by atoms with Crippen LogP contribution in [0.25, 0.3) is 11.1 Å². The number of carbonyl (C=O) groups excluding carboxylic acids is 1. The van der Waals surface area contributed by atoms with Crippen molar-refractivity contribution in [2.45, 2.75) is 40.2 Å². The van der Waals surface area contributed by atoms with E-state index in [4.69, 9.17) is 0 Å². The van der Waals surface area contributed by atoms with Gasteiger partial charge in [0.05, 0.1) is 16.9 Å². The topological polar surface area (TPSA) is 70.4 Å².